The van der Waals surface area contributed by atoms with Crippen LogP contribution in [0.3, 0.4) is 0 Å². The summed E-state index contributed by atoms with van der Waals surface area (Å²) in [5.41, 5.74) is 2.56. The number of benzene rings is 1. The Labute approximate surface area is 132 Å². The number of nitrogens with zero attached hydrogens (tertiary/aromatic N) is 1. The number of fused-ring (bicyclic) bond motifs is 1. The molecule has 0 aliphatic carbocycles. The van der Waals surface area contributed by atoms with Crippen LogP contribution in [0.4, 0.5) is 5.69 Å². The minimum Gasteiger partial charge on any atom is -0.493 e. The summed E-state index contributed by atoms with van der Waals surface area (Å²) in [4.78, 5) is 12.0. The normalized spacial score (nSPS) is 16.7. The molecular formula is C15H16N2O4S. The largest absolute Gasteiger partial charge is 0.493 e. The van der Waals surface area contributed by atoms with Gasteiger partial charge in [0, 0.05) is 35.5 Å². The maximum absolute atomic E-state index is 12.0. The van der Waals surface area contributed by atoms with Gasteiger partial charge in [-0.05, 0) is 17.1 Å². The number of hydrogen-bond donors (Lipinski definition) is 1. The zero-order chi connectivity index (χ0) is 15.7. The Hall–Kier alpha value is -2.28. The van der Waals surface area contributed by atoms with Crippen LogP contribution in [0.5, 0.6) is 17.2 Å². The molecule has 3 rings (SSSR count). The Morgan fingerprint density at radius 2 is 2.00 bits per heavy atom. The number of methoxy groups -OCH3 is 3. The molecule has 1 unspecified atom stereocenters. The van der Waals surface area contributed by atoms with Crippen molar-refractivity contribution in [2.45, 2.75) is 12.3 Å². The van der Waals surface area contributed by atoms with Gasteiger partial charge in [-0.25, -0.2) is 4.37 Å². The molecule has 1 atom stereocenters. The van der Waals surface area contributed by atoms with Gasteiger partial charge in [-0.2, -0.15) is 0 Å². The Bertz CT molecular complexity index is 700. The number of aromatic nitrogens is 1. The number of anilines is 1. The number of ether oxygens (including phenoxy) is 3. The molecule has 0 saturated carbocycles. The van der Waals surface area contributed by atoms with Crippen LogP contribution in [0.1, 0.15) is 23.5 Å². The van der Waals surface area contributed by atoms with E-state index in [9.17, 15) is 4.79 Å². The molecule has 1 aliphatic heterocycles. The lowest BCUT2D eigenvalue weighted by molar-refractivity contribution is -0.116. The van der Waals surface area contributed by atoms with Crippen LogP contribution >= 0.6 is 11.5 Å². The van der Waals surface area contributed by atoms with Crippen LogP contribution in [-0.2, 0) is 4.79 Å². The highest BCUT2D eigenvalue weighted by molar-refractivity contribution is 7.03. The molecule has 22 heavy (non-hydrogen) atoms. The zero-order valence-corrected chi connectivity index (χ0v) is 13.3. The van der Waals surface area contributed by atoms with Crippen molar-refractivity contribution >= 4 is 23.1 Å². The molecule has 116 valence electrons. The van der Waals surface area contributed by atoms with Gasteiger partial charge in [0.2, 0.25) is 11.7 Å². The predicted octanol–water partition coefficient (Wildman–Crippen LogP) is 2.64. The van der Waals surface area contributed by atoms with Crippen LogP contribution in [0.15, 0.2) is 17.6 Å². The van der Waals surface area contributed by atoms with E-state index in [0.29, 0.717) is 29.4 Å². The number of amides is 1. The SMILES string of the molecule is COc1cc2c(c(OC)c1OC)C(c1cnsc1)CC(=O)N2. The fourth-order valence-electron chi connectivity index (χ4n) is 2.79. The van der Waals surface area contributed by atoms with Crippen molar-refractivity contribution in [3.63, 3.8) is 0 Å². The average molecular weight is 320 g/mol. The Kier molecular flexibility index (Phi) is 3.89. The Morgan fingerprint density at radius 1 is 1.23 bits per heavy atom. The van der Waals surface area contributed by atoms with Crippen LogP contribution in [0, 0.1) is 0 Å². The van der Waals surface area contributed by atoms with Crippen molar-refractivity contribution in [2.24, 2.45) is 0 Å². The number of carbonyl (C=O) groups excluding carboxylic acids is 1. The second-order valence-electron chi connectivity index (χ2n) is 4.87. The van der Waals surface area contributed by atoms with Gasteiger partial charge >= 0.3 is 0 Å². The quantitative estimate of drug-likeness (QED) is 0.938. The van der Waals surface area contributed by atoms with Gasteiger partial charge in [-0.1, -0.05) is 0 Å². The van der Waals surface area contributed by atoms with Crippen molar-refractivity contribution in [2.75, 3.05) is 26.6 Å². The van der Waals surface area contributed by atoms with Gasteiger partial charge in [0.05, 0.1) is 27.0 Å². The summed E-state index contributed by atoms with van der Waals surface area (Å²) in [7, 11) is 4.70. The maximum atomic E-state index is 12.0. The van der Waals surface area contributed by atoms with Crippen molar-refractivity contribution in [1.82, 2.24) is 4.37 Å². The van der Waals surface area contributed by atoms with Crippen LogP contribution in [0.2, 0.25) is 0 Å². The Morgan fingerprint density at radius 3 is 2.59 bits per heavy atom. The summed E-state index contributed by atoms with van der Waals surface area (Å²) >= 11 is 1.36. The monoisotopic (exact) mass is 320 g/mol. The summed E-state index contributed by atoms with van der Waals surface area (Å²) in [5, 5.41) is 4.83. The smallest absolute Gasteiger partial charge is 0.225 e. The molecule has 0 spiro atoms. The molecule has 0 saturated heterocycles. The molecule has 0 radical (unpaired) electrons. The molecule has 1 aliphatic rings. The fourth-order valence-corrected chi connectivity index (χ4v) is 3.38. The number of nitrogens with one attached hydrogen (secondary N) is 1. The first kappa shape index (κ1) is 14.6. The Balaban J connectivity index is 2.25. The molecule has 7 heteroatoms. The van der Waals surface area contributed by atoms with E-state index in [1.807, 2.05) is 5.38 Å². The first-order chi connectivity index (χ1) is 10.7. The molecular weight excluding hydrogens is 304 g/mol. The second kappa shape index (κ2) is 5.84. The molecule has 1 aromatic heterocycles. The summed E-state index contributed by atoms with van der Waals surface area (Å²) in [6, 6.07) is 1.76. The second-order valence-corrected chi connectivity index (χ2v) is 5.53. The third kappa shape index (κ3) is 2.27. The van der Waals surface area contributed by atoms with Crippen LogP contribution in [0.25, 0.3) is 0 Å². The van der Waals surface area contributed by atoms with Crippen molar-refractivity contribution in [3.8, 4) is 17.2 Å². The van der Waals surface area contributed by atoms with Crippen molar-refractivity contribution < 1.29 is 19.0 Å². The lowest BCUT2D eigenvalue weighted by atomic mass is 9.85. The molecule has 1 amide bonds. The summed E-state index contributed by atoms with van der Waals surface area (Å²) in [6.45, 7) is 0. The summed E-state index contributed by atoms with van der Waals surface area (Å²) in [5.74, 6) is 1.46. The third-order valence-electron chi connectivity index (χ3n) is 3.73. The van der Waals surface area contributed by atoms with Crippen molar-refractivity contribution in [3.05, 3.63) is 28.8 Å². The highest BCUT2D eigenvalue weighted by Crippen LogP contribution is 2.51. The van der Waals surface area contributed by atoms with E-state index in [4.69, 9.17) is 14.2 Å². The molecule has 1 N–H and O–H groups in total. The zero-order valence-electron chi connectivity index (χ0n) is 12.5. The van der Waals surface area contributed by atoms with Gasteiger partial charge in [0.25, 0.3) is 0 Å². The number of rotatable bonds is 4. The molecule has 6 nitrogen and oxygen atoms in total. The molecule has 0 bridgehead atoms. The van der Waals surface area contributed by atoms with Gasteiger partial charge < -0.3 is 19.5 Å². The fraction of sp³-hybridized carbons (Fsp3) is 0.333. The number of hydrogen-bond acceptors (Lipinski definition) is 6. The van der Waals surface area contributed by atoms with Crippen molar-refractivity contribution in [1.29, 1.82) is 0 Å². The third-order valence-corrected chi connectivity index (χ3v) is 4.34. The minimum absolute atomic E-state index is 0.0435. The van der Waals surface area contributed by atoms with Gasteiger partial charge in [0.15, 0.2) is 11.5 Å². The van der Waals surface area contributed by atoms with E-state index in [2.05, 4.69) is 9.69 Å². The molecule has 2 aromatic rings. The van der Waals surface area contributed by atoms with E-state index in [-0.39, 0.29) is 11.8 Å². The average Bonchev–Trinajstić information content (AvgIpc) is 3.06. The van der Waals surface area contributed by atoms with E-state index in [1.165, 1.54) is 11.5 Å². The van der Waals surface area contributed by atoms with Gasteiger partial charge in [-0.15, -0.1) is 0 Å². The minimum atomic E-state index is -0.114. The van der Waals surface area contributed by atoms with Gasteiger partial charge in [0.1, 0.15) is 0 Å². The van der Waals surface area contributed by atoms with E-state index in [0.717, 1.165) is 11.1 Å². The molecule has 2 heterocycles. The standard InChI is InChI=1S/C15H16N2O4S/c1-19-11-5-10-13(15(21-3)14(11)20-2)9(4-12(18)17-10)8-6-16-22-7-8/h5-7,9H,4H2,1-3H3,(H,17,18). The topological polar surface area (TPSA) is 69.7 Å². The lowest BCUT2D eigenvalue weighted by Crippen LogP contribution is -2.24. The maximum Gasteiger partial charge on any atom is 0.225 e. The first-order valence-corrected chi connectivity index (χ1v) is 7.55. The van der Waals surface area contributed by atoms with E-state index < -0.39 is 0 Å². The molecule has 0 fully saturated rings. The lowest BCUT2D eigenvalue weighted by Gasteiger charge is -2.28. The highest BCUT2D eigenvalue weighted by Gasteiger charge is 2.33. The van der Waals surface area contributed by atoms with E-state index >= 15 is 0 Å². The number of carbonyl (C=O) groups is 1. The highest BCUT2D eigenvalue weighted by atomic mass is 32.1. The summed E-state index contributed by atoms with van der Waals surface area (Å²) < 4.78 is 20.5. The van der Waals surface area contributed by atoms with Crippen LogP contribution < -0.4 is 19.5 Å². The summed E-state index contributed by atoms with van der Waals surface area (Å²) in [6.07, 6.45) is 2.13. The first-order valence-electron chi connectivity index (χ1n) is 6.71. The van der Waals surface area contributed by atoms with Crippen LogP contribution in [-0.4, -0.2) is 31.6 Å². The van der Waals surface area contributed by atoms with Gasteiger partial charge in [-0.3, -0.25) is 4.79 Å². The van der Waals surface area contributed by atoms with E-state index in [1.54, 1.807) is 33.6 Å². The predicted molar refractivity (Wildman–Crippen MR) is 83.3 cm³/mol. The molecule has 1 aromatic carbocycles.